The van der Waals surface area contributed by atoms with Gasteiger partial charge in [0, 0.05) is 62.2 Å². The lowest BCUT2D eigenvalue weighted by atomic mass is 9.87. The van der Waals surface area contributed by atoms with Gasteiger partial charge in [-0.15, -0.1) is 0 Å². The molecule has 1 aliphatic heterocycles. The molecule has 0 bridgehead atoms. The summed E-state index contributed by atoms with van der Waals surface area (Å²) < 4.78 is 22.7. The van der Waals surface area contributed by atoms with E-state index in [0.717, 1.165) is 25.2 Å². The summed E-state index contributed by atoms with van der Waals surface area (Å²) in [7, 11) is -2.86. The summed E-state index contributed by atoms with van der Waals surface area (Å²) in [6, 6.07) is 43.5. The maximum absolute atomic E-state index is 11.8. The van der Waals surface area contributed by atoms with Crippen LogP contribution in [0.1, 0.15) is 364 Å². The van der Waals surface area contributed by atoms with Crippen molar-refractivity contribution in [2.24, 2.45) is 34.5 Å². The van der Waals surface area contributed by atoms with E-state index in [4.69, 9.17) is 0 Å². The van der Waals surface area contributed by atoms with Gasteiger partial charge in [-0.2, -0.15) is 0 Å². The first-order chi connectivity index (χ1) is 52.6. The van der Waals surface area contributed by atoms with Crippen molar-refractivity contribution in [1.82, 2.24) is 30.8 Å². The molecule has 6 aromatic rings. The van der Waals surface area contributed by atoms with E-state index < -0.39 is 9.84 Å². The maximum atomic E-state index is 11.8. The fourth-order valence-electron chi connectivity index (χ4n) is 9.72. The standard InChI is InChI=1S/C13H14.C12H14.C11H11NO2.C10H20O.C10H14.C8H18N2O.C8H17NO.C8H18O2S.C7H10N2.6C2H6/c1-10(2)12-8-7-11-5-3-4-6-13(11)9-12;1-9(2)12-7-10-5-3-4-6-11(10)8-12;1-7(2)12-10(13)8-5-3-4-6-9(8)11(12)14;1-8(2)6-9(11)7-10(3,4)5;1-10(2,3)9-7-5-4-6-8-9;1-6(2)5-9-8(11)10-7(3)4;1-6(2)5-8(10)9-7(3)4;1-7(2)11(9,10)6-8(3,4)5;1-6(2)7-8-4-3-5-9-7;6*1-2/h3-10H,1-2H3;3-7,9H,8H2,1-2H3;3-7H,1-2H3;8H,6-7H2,1-5H3;4-8H,1-3H3;6-7H,5H2,1-4H3,(H2,9,10,11);6-7H,5H2,1-4H3,(H,9,10);7H,6H2,1-5H3;3-6H,1-2H3;6*1-2H3. The van der Waals surface area contributed by atoms with E-state index in [-0.39, 0.29) is 63.7 Å². The van der Waals surface area contributed by atoms with Gasteiger partial charge < -0.3 is 16.0 Å². The zero-order valence-electron chi connectivity index (χ0n) is 80.0. The molecule has 8 rings (SSSR count). The molecule has 5 aromatic carbocycles. The van der Waals surface area contributed by atoms with Crippen molar-refractivity contribution in [2.75, 3.05) is 12.3 Å². The molecule has 3 N–H and O–H groups in total. The van der Waals surface area contributed by atoms with Gasteiger partial charge in [0.1, 0.15) is 11.6 Å². The number of nitrogens with one attached hydrogen (secondary N) is 3. The van der Waals surface area contributed by atoms with E-state index in [9.17, 15) is 32.4 Å². The summed E-state index contributed by atoms with van der Waals surface area (Å²) >= 11 is 0. The molecule has 0 saturated carbocycles. The Labute approximate surface area is 696 Å². The fourth-order valence-corrected chi connectivity index (χ4v) is 11.3. The number of benzene rings is 5. The molecule has 5 amide bonds. The number of urea groups is 1. The van der Waals surface area contributed by atoms with Gasteiger partial charge in [0.25, 0.3) is 11.8 Å². The topological polar surface area (TPSA) is 185 Å². The third kappa shape index (κ3) is 60.8. The van der Waals surface area contributed by atoms with Crippen molar-refractivity contribution in [2.45, 2.75) is 350 Å². The SMILES string of the molecule is CC.CC.CC.CC.CC.CC.CC(C)(C)c1ccccc1.CC(C)C1=Cc2ccccc2C1.CC(C)CC(=O)CC(C)(C)C.CC(C)CC(=O)NC(C)C.CC(C)CNC(=O)NC(C)C.CC(C)N1C(=O)c2ccccc2C1=O.CC(C)S(=O)(=O)CC(C)(C)C.CC(C)c1ccc2ccccc2c1.CC(C)c1ncccn1. The first kappa shape index (κ1) is 119. The number of imide groups is 1. The molecule has 2 aliphatic rings. The van der Waals surface area contributed by atoms with E-state index in [1.807, 2.05) is 165 Å². The Morgan fingerprint density at radius 3 is 1.25 bits per heavy atom. The first-order valence-corrected chi connectivity index (χ1v) is 44.4. The van der Waals surface area contributed by atoms with E-state index in [1.54, 1.807) is 56.1 Å². The highest BCUT2D eigenvalue weighted by atomic mass is 32.2. The van der Waals surface area contributed by atoms with Crippen LogP contribution in [0.4, 0.5) is 4.79 Å². The van der Waals surface area contributed by atoms with Crippen molar-refractivity contribution in [3.8, 4) is 0 Å². The van der Waals surface area contributed by atoms with Crippen LogP contribution in [0, 0.1) is 34.5 Å². The normalized spacial score (nSPS) is 11.4. The Balaban J connectivity index is -0.000000220. The molecule has 13 nitrogen and oxygen atoms in total. The minimum atomic E-state index is -2.86. The highest BCUT2D eigenvalue weighted by Crippen LogP contribution is 2.30. The minimum Gasteiger partial charge on any atom is -0.354 e. The van der Waals surface area contributed by atoms with Gasteiger partial charge in [-0.1, -0.05) is 349 Å². The number of Topliss-reactive ketones (excluding diaryl/α,β-unsaturated/α-hetero) is 1. The quantitative estimate of drug-likeness (QED) is 0.0842. The van der Waals surface area contributed by atoms with Crippen LogP contribution in [0.2, 0.25) is 0 Å². The van der Waals surface area contributed by atoms with Crippen LogP contribution in [0.15, 0.2) is 145 Å². The average molecular weight is 1590 g/mol. The molecule has 0 spiro atoms. The van der Waals surface area contributed by atoms with Crippen molar-refractivity contribution in [3.05, 3.63) is 185 Å². The van der Waals surface area contributed by atoms with Gasteiger partial charge in [0.15, 0.2) is 9.84 Å². The number of ketones is 1. The molecule has 0 saturated heterocycles. The molecule has 0 radical (unpaired) electrons. The molecule has 0 unspecified atom stereocenters. The van der Waals surface area contributed by atoms with Crippen LogP contribution in [-0.4, -0.2) is 88.5 Å². The van der Waals surface area contributed by atoms with E-state index in [1.165, 1.54) is 37.9 Å². The Hall–Kier alpha value is -7.32. The van der Waals surface area contributed by atoms with Crippen molar-refractivity contribution < 1.29 is 32.4 Å². The van der Waals surface area contributed by atoms with Gasteiger partial charge in [0.05, 0.1) is 22.1 Å². The van der Waals surface area contributed by atoms with Crippen LogP contribution < -0.4 is 16.0 Å². The average Bonchev–Trinajstić information content (AvgIpc) is 1.64. The van der Waals surface area contributed by atoms with Crippen LogP contribution in [0.5, 0.6) is 0 Å². The zero-order valence-corrected chi connectivity index (χ0v) is 80.8. The van der Waals surface area contributed by atoms with Crippen molar-refractivity contribution in [1.29, 1.82) is 0 Å². The third-order valence-corrected chi connectivity index (χ3v) is 17.6. The number of amides is 5. The fraction of sp³-hybridized carbons (Fsp3) is 0.606. The molecule has 1 aromatic heterocycles. The molecule has 1 aliphatic carbocycles. The van der Waals surface area contributed by atoms with Crippen LogP contribution in [0.3, 0.4) is 0 Å². The predicted molar refractivity (Wildman–Crippen MR) is 499 cm³/mol. The van der Waals surface area contributed by atoms with Crippen LogP contribution in [-0.2, 0) is 31.3 Å². The molecule has 646 valence electrons. The summed E-state index contributed by atoms with van der Waals surface area (Å²) in [4.78, 5) is 66.1. The number of aromatic nitrogens is 2. The van der Waals surface area contributed by atoms with Gasteiger partial charge in [-0.25, -0.2) is 23.2 Å². The van der Waals surface area contributed by atoms with Crippen molar-refractivity contribution >= 4 is 56.2 Å². The lowest BCUT2D eigenvalue weighted by Gasteiger charge is -2.19. The summed E-state index contributed by atoms with van der Waals surface area (Å²) in [5.41, 5.74) is 8.65. The monoisotopic (exact) mass is 1590 g/mol. The van der Waals surface area contributed by atoms with E-state index >= 15 is 0 Å². The maximum Gasteiger partial charge on any atom is 0.314 e. The predicted octanol–water partition coefficient (Wildman–Crippen LogP) is 27.5. The van der Waals surface area contributed by atoms with Gasteiger partial charge in [0.2, 0.25) is 5.91 Å². The van der Waals surface area contributed by atoms with Crippen molar-refractivity contribution in [3.63, 3.8) is 0 Å². The second kappa shape index (κ2) is 66.9. The molecule has 0 fully saturated rings. The van der Waals surface area contributed by atoms with Gasteiger partial charge in [-0.05, 0) is 159 Å². The third-order valence-electron chi connectivity index (χ3n) is 14.9. The Kier molecular flexibility index (Phi) is 70.4. The number of carbonyl (C=O) groups excluding carboxylic acids is 5. The van der Waals surface area contributed by atoms with Gasteiger partial charge >= 0.3 is 6.03 Å². The summed E-state index contributed by atoms with van der Waals surface area (Å²) in [5, 5.41) is 10.8. The lowest BCUT2D eigenvalue weighted by Crippen LogP contribution is -2.40. The van der Waals surface area contributed by atoms with E-state index in [2.05, 4.69) is 240 Å². The highest BCUT2D eigenvalue weighted by molar-refractivity contribution is 7.92. The highest BCUT2D eigenvalue weighted by Gasteiger charge is 2.36. The number of hydrogen-bond acceptors (Lipinski definition) is 9. The summed E-state index contributed by atoms with van der Waals surface area (Å²) in [5.74, 6) is 4.60. The molecule has 14 heteroatoms. The Morgan fingerprint density at radius 1 is 0.469 bits per heavy atom. The lowest BCUT2D eigenvalue weighted by molar-refractivity contribution is -0.122. The number of nitrogens with zero attached hydrogens (tertiary/aromatic N) is 3. The number of allylic oxidation sites excluding steroid dienone is 1. The Bertz CT molecular complexity index is 3470. The van der Waals surface area contributed by atoms with Crippen LogP contribution >= 0.6 is 0 Å². The summed E-state index contributed by atoms with van der Waals surface area (Å²) in [6.07, 6.45) is 9.11. The zero-order chi connectivity index (χ0) is 89.8. The minimum absolute atomic E-state index is 0.0753. The molecular formula is C99H172N6O7S. The largest absolute Gasteiger partial charge is 0.354 e. The number of hydrogen-bond donors (Lipinski definition) is 3. The molecule has 2 heterocycles. The Morgan fingerprint density at radius 2 is 0.903 bits per heavy atom. The first-order valence-electron chi connectivity index (χ1n) is 42.7. The second-order valence-corrected chi connectivity index (χ2v) is 35.6. The molecule has 0 atom stereocenters. The molecule has 113 heavy (non-hydrogen) atoms. The number of fused-ring (bicyclic) bond motifs is 3. The number of sulfone groups is 1. The van der Waals surface area contributed by atoms with Crippen LogP contribution in [0.25, 0.3) is 16.8 Å². The second-order valence-electron chi connectivity index (χ2n) is 33.0. The molecular weight excluding hydrogens is 1420 g/mol. The summed E-state index contributed by atoms with van der Waals surface area (Å²) in [6.45, 7) is 84.0. The number of carbonyl (C=O) groups is 5. The van der Waals surface area contributed by atoms with Gasteiger partial charge in [-0.3, -0.25) is 24.1 Å². The van der Waals surface area contributed by atoms with E-state index in [0.29, 0.717) is 70.7 Å². The smallest absolute Gasteiger partial charge is 0.314 e. The number of rotatable bonds is 15.